The quantitative estimate of drug-likeness (QED) is 0.194. The van der Waals surface area contributed by atoms with Crippen molar-refractivity contribution >= 4 is 29.8 Å². The number of nitrogens with one attached hydrogen (secondary N) is 1. The molecule has 0 saturated carbocycles. The van der Waals surface area contributed by atoms with Crippen molar-refractivity contribution in [2.24, 2.45) is 16.5 Å². The van der Waals surface area contributed by atoms with E-state index in [1.807, 2.05) is 28.2 Å². The first-order valence-electron chi connectivity index (χ1n) is 7.50. The SMILES string of the molecule is CC(O)C(=O)O.CN(C)C(=N)N(C)C.NC(N)=NC(CCC(=O)O)C(=O)O. The molecule has 9 N–H and O–H groups in total. The van der Waals surface area contributed by atoms with Gasteiger partial charge in [0.2, 0.25) is 0 Å². The normalized spacial score (nSPS) is 11.2. The molecule has 0 saturated heterocycles. The van der Waals surface area contributed by atoms with Crippen LogP contribution < -0.4 is 11.5 Å². The molecular weight excluding hydrogens is 364 g/mol. The minimum absolute atomic E-state index is 0.122. The van der Waals surface area contributed by atoms with Gasteiger partial charge in [-0.2, -0.15) is 0 Å². The smallest absolute Gasteiger partial charge is 0.332 e. The molecule has 0 spiro atoms. The summed E-state index contributed by atoms with van der Waals surface area (Å²) in [7, 11) is 7.40. The molecule has 0 bridgehead atoms. The van der Waals surface area contributed by atoms with Crippen LogP contribution in [0.3, 0.4) is 0 Å². The minimum Gasteiger partial charge on any atom is -0.481 e. The summed E-state index contributed by atoms with van der Waals surface area (Å²) in [4.78, 5) is 36.9. The molecule has 2 unspecified atom stereocenters. The first-order chi connectivity index (χ1) is 12.1. The number of carboxylic acid groups (broad SMARTS) is 3. The Bertz CT molecular complexity index is 506. The summed E-state index contributed by atoms with van der Waals surface area (Å²) in [5, 5.41) is 39.8. The molecule has 0 rings (SSSR count). The van der Waals surface area contributed by atoms with Gasteiger partial charge in [-0.25, -0.2) is 14.6 Å². The molecule has 0 aromatic carbocycles. The maximum atomic E-state index is 10.4. The van der Waals surface area contributed by atoms with Crippen LogP contribution in [-0.2, 0) is 14.4 Å². The van der Waals surface area contributed by atoms with E-state index in [-0.39, 0.29) is 18.8 Å². The van der Waals surface area contributed by atoms with Gasteiger partial charge in [0.15, 0.2) is 18.0 Å². The Labute approximate surface area is 157 Å². The molecule has 158 valence electrons. The number of aliphatic imine (C=N–C) groups is 1. The maximum absolute atomic E-state index is 10.4. The number of aliphatic hydroxyl groups excluding tert-OH is 1. The number of aliphatic carboxylic acids is 3. The van der Waals surface area contributed by atoms with Crippen LogP contribution in [0, 0.1) is 5.41 Å². The lowest BCUT2D eigenvalue weighted by molar-refractivity contribution is -0.145. The van der Waals surface area contributed by atoms with Crippen molar-refractivity contribution in [3.8, 4) is 0 Å². The van der Waals surface area contributed by atoms with Crippen molar-refractivity contribution in [3.05, 3.63) is 0 Å². The molecule has 0 amide bonds. The predicted molar refractivity (Wildman–Crippen MR) is 98.5 cm³/mol. The monoisotopic (exact) mass is 394 g/mol. The van der Waals surface area contributed by atoms with E-state index < -0.39 is 30.1 Å². The Balaban J connectivity index is -0.000000351. The van der Waals surface area contributed by atoms with Crippen molar-refractivity contribution in [1.29, 1.82) is 5.41 Å². The molecule has 0 aliphatic carbocycles. The predicted octanol–water partition coefficient (Wildman–Crippen LogP) is -1.93. The first-order valence-corrected chi connectivity index (χ1v) is 7.50. The molecule has 0 aromatic heterocycles. The van der Waals surface area contributed by atoms with Gasteiger partial charge in [-0.15, -0.1) is 0 Å². The van der Waals surface area contributed by atoms with Gasteiger partial charge in [-0.1, -0.05) is 0 Å². The molecule has 0 aromatic rings. The van der Waals surface area contributed by atoms with Crippen molar-refractivity contribution in [1.82, 2.24) is 9.80 Å². The zero-order chi connectivity index (χ0) is 22.3. The van der Waals surface area contributed by atoms with Crippen molar-refractivity contribution in [2.75, 3.05) is 28.2 Å². The van der Waals surface area contributed by atoms with E-state index in [0.717, 1.165) is 0 Å². The fourth-order valence-corrected chi connectivity index (χ4v) is 1.08. The molecule has 27 heavy (non-hydrogen) atoms. The van der Waals surface area contributed by atoms with Crippen LogP contribution in [0.4, 0.5) is 0 Å². The molecule has 13 nitrogen and oxygen atoms in total. The Morgan fingerprint density at radius 1 is 1.00 bits per heavy atom. The fourth-order valence-electron chi connectivity index (χ4n) is 1.08. The van der Waals surface area contributed by atoms with Crippen molar-refractivity contribution in [2.45, 2.75) is 31.9 Å². The van der Waals surface area contributed by atoms with Crippen LogP contribution in [0.15, 0.2) is 4.99 Å². The third kappa shape index (κ3) is 20.9. The van der Waals surface area contributed by atoms with E-state index in [2.05, 4.69) is 4.99 Å². The van der Waals surface area contributed by atoms with E-state index >= 15 is 0 Å². The number of carbonyl (C=O) groups is 3. The summed E-state index contributed by atoms with van der Waals surface area (Å²) < 4.78 is 0. The van der Waals surface area contributed by atoms with Gasteiger partial charge in [0.25, 0.3) is 0 Å². The van der Waals surface area contributed by atoms with E-state index in [4.69, 9.17) is 37.3 Å². The van der Waals surface area contributed by atoms with Crippen LogP contribution in [0.5, 0.6) is 0 Å². The molecule has 0 aliphatic rings. The third-order valence-corrected chi connectivity index (χ3v) is 2.43. The largest absolute Gasteiger partial charge is 0.481 e. The number of rotatable bonds is 6. The molecular formula is C14H30N6O7. The number of guanidine groups is 2. The highest BCUT2D eigenvalue weighted by Gasteiger charge is 2.17. The lowest BCUT2D eigenvalue weighted by Gasteiger charge is -2.19. The minimum atomic E-state index is -1.24. The second-order valence-corrected chi connectivity index (χ2v) is 5.47. The summed E-state index contributed by atoms with van der Waals surface area (Å²) in [6.07, 6.45) is -1.64. The van der Waals surface area contributed by atoms with Gasteiger partial charge in [0.1, 0.15) is 6.10 Å². The van der Waals surface area contributed by atoms with Gasteiger partial charge in [-0.05, 0) is 13.3 Å². The topological polar surface area (TPSA) is 227 Å². The zero-order valence-electron chi connectivity index (χ0n) is 16.1. The van der Waals surface area contributed by atoms with E-state index in [0.29, 0.717) is 5.96 Å². The number of hydrogen-bond donors (Lipinski definition) is 7. The summed E-state index contributed by atoms with van der Waals surface area (Å²) in [6, 6.07) is -1.18. The second kappa shape index (κ2) is 15.2. The highest BCUT2D eigenvalue weighted by molar-refractivity contribution is 5.82. The molecule has 2 atom stereocenters. The van der Waals surface area contributed by atoms with E-state index in [1.54, 1.807) is 9.80 Å². The van der Waals surface area contributed by atoms with Crippen molar-refractivity contribution in [3.63, 3.8) is 0 Å². The molecule has 0 radical (unpaired) electrons. The summed E-state index contributed by atoms with van der Waals surface area (Å²) in [5.41, 5.74) is 9.91. The Hall–Kier alpha value is -3.09. The lowest BCUT2D eigenvalue weighted by Crippen LogP contribution is -2.34. The standard InChI is InChI=1S/C6H11N3O4.C5H13N3.C3H6O3/c7-6(8)9-3(5(12)13)1-2-4(10)11;1-7(2)5(6)8(3)4;1-2(4)3(5)6/h3H,1-2H2,(H,10,11)(H,12,13)(H4,7,8,9);6H,1-4H3;2,4H,1H3,(H,5,6). The summed E-state index contributed by atoms with van der Waals surface area (Å²) in [6.45, 7) is 1.20. The highest BCUT2D eigenvalue weighted by Crippen LogP contribution is 2.02. The fraction of sp³-hybridized carbons (Fsp3) is 0.643. The van der Waals surface area contributed by atoms with Gasteiger partial charge in [0.05, 0.1) is 0 Å². The van der Waals surface area contributed by atoms with Crippen molar-refractivity contribution < 1.29 is 34.8 Å². The highest BCUT2D eigenvalue weighted by atomic mass is 16.4. The summed E-state index contributed by atoms with van der Waals surface area (Å²) >= 11 is 0. The van der Waals surface area contributed by atoms with Gasteiger partial charge < -0.3 is 41.7 Å². The third-order valence-electron chi connectivity index (χ3n) is 2.43. The number of carboxylic acids is 3. The number of nitrogens with two attached hydrogens (primary N) is 2. The molecule has 0 heterocycles. The summed E-state index contributed by atoms with van der Waals surface area (Å²) in [5.74, 6) is -3.36. The van der Waals surface area contributed by atoms with E-state index in [9.17, 15) is 14.4 Å². The zero-order valence-corrected chi connectivity index (χ0v) is 16.1. The Morgan fingerprint density at radius 2 is 1.37 bits per heavy atom. The van der Waals surface area contributed by atoms with Gasteiger partial charge in [0, 0.05) is 34.6 Å². The molecule has 13 heteroatoms. The van der Waals surface area contributed by atoms with Crippen LogP contribution in [0.2, 0.25) is 0 Å². The van der Waals surface area contributed by atoms with Crippen LogP contribution >= 0.6 is 0 Å². The Kier molecular flexibility index (Phi) is 16.1. The van der Waals surface area contributed by atoms with Crippen LogP contribution in [0.25, 0.3) is 0 Å². The second-order valence-electron chi connectivity index (χ2n) is 5.47. The van der Waals surface area contributed by atoms with Gasteiger partial charge in [-0.3, -0.25) is 10.2 Å². The average Bonchev–Trinajstić information content (AvgIpc) is 2.50. The Morgan fingerprint density at radius 3 is 1.52 bits per heavy atom. The lowest BCUT2D eigenvalue weighted by atomic mass is 10.2. The van der Waals surface area contributed by atoms with Gasteiger partial charge >= 0.3 is 17.9 Å². The first kappa shape index (κ1) is 28.7. The number of nitrogens with zero attached hydrogens (tertiary/aromatic N) is 3. The van der Waals surface area contributed by atoms with Crippen LogP contribution in [0.1, 0.15) is 19.8 Å². The molecule has 0 fully saturated rings. The maximum Gasteiger partial charge on any atom is 0.332 e. The average molecular weight is 394 g/mol. The van der Waals surface area contributed by atoms with E-state index in [1.165, 1.54) is 6.92 Å². The van der Waals surface area contributed by atoms with Crippen LogP contribution in [-0.4, -0.2) is 100 Å². The number of hydrogen-bond acceptors (Lipinski definition) is 6. The molecule has 0 aliphatic heterocycles. The number of aliphatic hydroxyl groups is 1.